The SMILES string of the molecule is CCOP(=O)(CO[C@@H]1CC[C@@H](CO[Si](c2ccccc2)(c2ccccc2)C(C)(C)C)O1)OCC. The first kappa shape index (κ1) is 27.3. The predicted octanol–water partition coefficient (Wildman–Crippen LogP) is 5.31. The Balaban J connectivity index is 1.73. The summed E-state index contributed by atoms with van der Waals surface area (Å²) in [6.45, 7) is 11.5. The molecule has 0 aliphatic carbocycles. The molecule has 0 saturated carbocycles. The van der Waals surface area contributed by atoms with Crippen LogP contribution >= 0.6 is 7.60 Å². The van der Waals surface area contributed by atoms with Crippen LogP contribution in [0.2, 0.25) is 5.04 Å². The third-order valence-corrected chi connectivity index (χ3v) is 12.8. The molecule has 0 N–H and O–H groups in total. The molecule has 1 aliphatic heterocycles. The fraction of sp³-hybridized carbons (Fsp3) is 0.538. The summed E-state index contributed by atoms with van der Waals surface area (Å²) in [6.07, 6.45) is 0.887. The molecule has 0 radical (unpaired) electrons. The van der Waals surface area contributed by atoms with E-state index < -0.39 is 22.2 Å². The van der Waals surface area contributed by atoms with Gasteiger partial charge in [0.1, 0.15) is 0 Å². The molecule has 0 aromatic heterocycles. The minimum Gasteiger partial charge on any atom is -0.405 e. The second-order valence-electron chi connectivity index (χ2n) is 9.48. The minimum absolute atomic E-state index is 0.0914. The van der Waals surface area contributed by atoms with Crippen LogP contribution in [0.25, 0.3) is 0 Å². The summed E-state index contributed by atoms with van der Waals surface area (Å²) in [5.74, 6) is 0. The van der Waals surface area contributed by atoms with Gasteiger partial charge in [0.05, 0.1) is 25.9 Å². The van der Waals surface area contributed by atoms with E-state index in [4.69, 9.17) is 22.9 Å². The zero-order valence-corrected chi connectivity index (χ0v) is 23.0. The van der Waals surface area contributed by atoms with Crippen molar-refractivity contribution in [3.8, 4) is 0 Å². The molecule has 0 amide bonds. The Morgan fingerprint density at radius 3 is 1.91 bits per heavy atom. The first-order valence-electron chi connectivity index (χ1n) is 12.1. The highest BCUT2D eigenvalue weighted by molar-refractivity contribution is 7.53. The number of hydrogen-bond donors (Lipinski definition) is 0. The molecule has 0 spiro atoms. The maximum absolute atomic E-state index is 12.7. The topological polar surface area (TPSA) is 63.2 Å². The molecular weight excluding hydrogens is 467 g/mol. The van der Waals surface area contributed by atoms with Crippen LogP contribution in [0.3, 0.4) is 0 Å². The summed E-state index contributed by atoms with van der Waals surface area (Å²) in [6, 6.07) is 21.2. The van der Waals surface area contributed by atoms with Crippen molar-refractivity contribution in [1.29, 1.82) is 0 Å². The van der Waals surface area contributed by atoms with Gasteiger partial charge in [-0.3, -0.25) is 4.57 Å². The van der Waals surface area contributed by atoms with Crippen molar-refractivity contribution in [1.82, 2.24) is 0 Å². The van der Waals surface area contributed by atoms with Gasteiger partial charge in [0.25, 0.3) is 8.32 Å². The Kier molecular flexibility index (Phi) is 9.70. The first-order chi connectivity index (χ1) is 16.2. The van der Waals surface area contributed by atoms with Crippen LogP contribution in [0.4, 0.5) is 0 Å². The van der Waals surface area contributed by atoms with Gasteiger partial charge in [-0.25, -0.2) is 0 Å². The van der Waals surface area contributed by atoms with E-state index >= 15 is 0 Å². The first-order valence-corrected chi connectivity index (χ1v) is 15.8. The molecule has 1 aliphatic rings. The molecule has 6 nitrogen and oxygen atoms in total. The zero-order valence-electron chi connectivity index (χ0n) is 21.1. The average molecular weight is 507 g/mol. The molecule has 0 bridgehead atoms. The molecule has 2 atom stereocenters. The Hall–Kier alpha value is -1.31. The van der Waals surface area contributed by atoms with Gasteiger partial charge < -0.3 is 22.9 Å². The minimum atomic E-state index is -3.26. The summed E-state index contributed by atoms with van der Waals surface area (Å²) in [5, 5.41) is 2.40. The molecule has 2 aromatic rings. The fourth-order valence-electron chi connectivity index (χ4n) is 4.58. The second kappa shape index (κ2) is 12.1. The fourth-order valence-corrected chi connectivity index (χ4v) is 10.5. The third kappa shape index (κ3) is 6.46. The molecule has 1 fully saturated rings. The number of rotatable bonds is 12. The number of ether oxygens (including phenoxy) is 2. The van der Waals surface area contributed by atoms with Crippen LogP contribution in [0.5, 0.6) is 0 Å². The lowest BCUT2D eigenvalue weighted by molar-refractivity contribution is -0.130. The average Bonchev–Trinajstić information content (AvgIpc) is 3.27. The van der Waals surface area contributed by atoms with Crippen molar-refractivity contribution in [2.45, 2.75) is 64.9 Å². The number of hydrogen-bond acceptors (Lipinski definition) is 6. The Bertz CT molecular complexity index is 868. The lowest BCUT2D eigenvalue weighted by atomic mass is 10.2. The standard InChI is InChI=1S/C26H39O6PSi/c1-6-29-33(27,30-7-2)21-28-25-19-18-22(32-25)20-31-34(26(3,4)5,23-14-10-8-11-15-23)24-16-12-9-13-17-24/h8-17,22,25H,6-7,18-21H2,1-5H3/t22-,25-/m0/s1. The molecule has 2 aromatic carbocycles. The van der Waals surface area contributed by atoms with Crippen molar-refractivity contribution in [2.24, 2.45) is 0 Å². The van der Waals surface area contributed by atoms with Crippen molar-refractivity contribution in [3.05, 3.63) is 60.7 Å². The smallest absolute Gasteiger partial charge is 0.356 e. The molecule has 3 rings (SSSR count). The van der Waals surface area contributed by atoms with E-state index in [0.29, 0.717) is 26.2 Å². The Morgan fingerprint density at radius 2 is 1.44 bits per heavy atom. The van der Waals surface area contributed by atoms with Crippen LogP contribution < -0.4 is 10.4 Å². The van der Waals surface area contributed by atoms with Crippen LogP contribution in [0, 0.1) is 0 Å². The van der Waals surface area contributed by atoms with Gasteiger partial charge in [-0.2, -0.15) is 0 Å². The third-order valence-electron chi connectivity index (χ3n) is 6.04. The summed E-state index contributed by atoms with van der Waals surface area (Å²) in [5.41, 5.74) is 0. The van der Waals surface area contributed by atoms with Gasteiger partial charge in [-0.1, -0.05) is 81.4 Å². The molecule has 1 heterocycles. The normalized spacial score (nSPS) is 19.4. The molecule has 0 unspecified atom stereocenters. The zero-order chi connectivity index (χ0) is 24.7. The highest BCUT2D eigenvalue weighted by atomic mass is 31.2. The second-order valence-corrected chi connectivity index (χ2v) is 15.8. The van der Waals surface area contributed by atoms with Gasteiger partial charge >= 0.3 is 7.60 Å². The van der Waals surface area contributed by atoms with E-state index in [2.05, 4.69) is 69.3 Å². The van der Waals surface area contributed by atoms with Crippen LogP contribution in [0.15, 0.2) is 60.7 Å². The Morgan fingerprint density at radius 1 is 0.912 bits per heavy atom. The summed E-state index contributed by atoms with van der Waals surface area (Å²) in [7, 11) is -5.88. The van der Waals surface area contributed by atoms with Gasteiger partial charge in [0.2, 0.25) is 0 Å². The van der Waals surface area contributed by atoms with Crippen molar-refractivity contribution >= 4 is 26.3 Å². The van der Waals surface area contributed by atoms with Crippen LogP contribution in [-0.2, 0) is 27.5 Å². The van der Waals surface area contributed by atoms with E-state index in [9.17, 15) is 4.57 Å². The summed E-state index contributed by atoms with van der Waals surface area (Å²) < 4.78 is 42.2. The summed E-state index contributed by atoms with van der Waals surface area (Å²) in [4.78, 5) is 0. The van der Waals surface area contributed by atoms with Crippen LogP contribution in [0.1, 0.15) is 47.5 Å². The van der Waals surface area contributed by atoms with Crippen LogP contribution in [-0.4, -0.2) is 46.9 Å². The maximum atomic E-state index is 12.7. The van der Waals surface area contributed by atoms with E-state index in [0.717, 1.165) is 6.42 Å². The van der Waals surface area contributed by atoms with Gasteiger partial charge in [0.15, 0.2) is 12.6 Å². The molecule has 34 heavy (non-hydrogen) atoms. The lowest BCUT2D eigenvalue weighted by Crippen LogP contribution is -2.67. The Labute approximate surface area is 205 Å². The van der Waals surface area contributed by atoms with Crippen molar-refractivity contribution < 1.29 is 27.5 Å². The highest BCUT2D eigenvalue weighted by Gasteiger charge is 2.50. The summed E-state index contributed by atoms with van der Waals surface area (Å²) >= 11 is 0. The van der Waals surface area contributed by atoms with Crippen molar-refractivity contribution in [2.75, 3.05) is 26.2 Å². The van der Waals surface area contributed by atoms with Crippen molar-refractivity contribution in [3.63, 3.8) is 0 Å². The highest BCUT2D eigenvalue weighted by Crippen LogP contribution is 2.48. The molecule has 8 heteroatoms. The molecular formula is C26H39O6PSi. The van der Waals surface area contributed by atoms with E-state index in [1.54, 1.807) is 13.8 Å². The van der Waals surface area contributed by atoms with Gasteiger partial charge in [-0.15, -0.1) is 0 Å². The van der Waals surface area contributed by atoms with E-state index in [1.807, 2.05) is 12.1 Å². The largest absolute Gasteiger partial charge is 0.405 e. The monoisotopic (exact) mass is 506 g/mol. The predicted molar refractivity (Wildman–Crippen MR) is 138 cm³/mol. The number of benzene rings is 2. The quantitative estimate of drug-likeness (QED) is 0.287. The maximum Gasteiger partial charge on any atom is 0.356 e. The lowest BCUT2D eigenvalue weighted by Gasteiger charge is -2.43. The van der Waals surface area contributed by atoms with E-state index in [-0.39, 0.29) is 17.5 Å². The van der Waals surface area contributed by atoms with Gasteiger partial charge in [-0.05, 0) is 35.7 Å². The van der Waals surface area contributed by atoms with E-state index in [1.165, 1.54) is 10.4 Å². The van der Waals surface area contributed by atoms with Gasteiger partial charge in [0, 0.05) is 6.42 Å². The molecule has 1 saturated heterocycles. The molecule has 188 valence electrons.